The number of carbonyl (C=O) groups is 2. The molecule has 2 aromatic rings. The monoisotopic (exact) mass is 336 g/mol. The number of nitrogens with zero attached hydrogens (tertiary/aromatic N) is 3. The maximum Gasteiger partial charge on any atom is 0.244 e. The second-order valence-corrected chi connectivity index (χ2v) is 6.67. The van der Waals surface area contributed by atoms with Crippen LogP contribution in [0.5, 0.6) is 0 Å². The van der Waals surface area contributed by atoms with Crippen molar-refractivity contribution >= 4 is 29.0 Å². The van der Waals surface area contributed by atoms with Crippen molar-refractivity contribution in [2.24, 2.45) is 11.8 Å². The van der Waals surface area contributed by atoms with Crippen LogP contribution in [0.3, 0.4) is 0 Å². The van der Waals surface area contributed by atoms with Crippen molar-refractivity contribution in [3.05, 3.63) is 48.7 Å². The van der Waals surface area contributed by atoms with Gasteiger partial charge in [0.2, 0.25) is 11.8 Å². The molecule has 2 aliphatic heterocycles. The van der Waals surface area contributed by atoms with E-state index in [1.165, 1.54) is 0 Å². The number of amides is 2. The largest absolute Gasteiger partial charge is 0.356 e. The van der Waals surface area contributed by atoms with Gasteiger partial charge in [-0.05, 0) is 30.2 Å². The van der Waals surface area contributed by atoms with E-state index in [0.29, 0.717) is 12.2 Å². The van der Waals surface area contributed by atoms with E-state index in [1.54, 1.807) is 11.1 Å². The highest BCUT2D eigenvalue weighted by Crippen LogP contribution is 2.34. The number of rotatable bonds is 2. The Morgan fingerprint density at radius 1 is 1.16 bits per heavy atom. The van der Waals surface area contributed by atoms with Crippen LogP contribution in [0, 0.1) is 11.8 Å². The van der Waals surface area contributed by atoms with Gasteiger partial charge >= 0.3 is 0 Å². The molecular formula is C19H20N4O2. The van der Waals surface area contributed by atoms with Crippen LogP contribution in [0.1, 0.15) is 6.92 Å². The van der Waals surface area contributed by atoms with E-state index in [4.69, 9.17) is 0 Å². The lowest BCUT2D eigenvalue weighted by atomic mass is 9.96. The summed E-state index contributed by atoms with van der Waals surface area (Å²) in [7, 11) is 0. The van der Waals surface area contributed by atoms with Crippen LogP contribution in [0.2, 0.25) is 0 Å². The Bertz CT molecular complexity index is 808. The fourth-order valence-corrected chi connectivity index (χ4v) is 3.65. The maximum absolute atomic E-state index is 13.2. The quantitative estimate of drug-likeness (QED) is 0.912. The predicted octanol–water partition coefficient (Wildman–Crippen LogP) is 2.14. The molecule has 25 heavy (non-hydrogen) atoms. The number of benzene rings is 1. The molecular weight excluding hydrogens is 316 g/mol. The number of anilines is 3. The minimum atomic E-state index is -0.153. The third-order valence-corrected chi connectivity index (χ3v) is 4.94. The highest BCUT2D eigenvalue weighted by molar-refractivity contribution is 6.10. The Labute approximate surface area is 146 Å². The number of hydrogen-bond acceptors (Lipinski definition) is 4. The zero-order valence-corrected chi connectivity index (χ0v) is 14.1. The van der Waals surface area contributed by atoms with Gasteiger partial charge in [-0.25, -0.2) is 4.98 Å². The lowest BCUT2D eigenvalue weighted by molar-refractivity contribution is -0.125. The fourth-order valence-electron chi connectivity index (χ4n) is 3.65. The summed E-state index contributed by atoms with van der Waals surface area (Å²) in [5, 5.41) is 2.83. The highest BCUT2D eigenvalue weighted by atomic mass is 16.2. The summed E-state index contributed by atoms with van der Waals surface area (Å²) in [6.45, 7) is 3.57. The number of nitrogens with one attached hydrogen (secondary N) is 1. The van der Waals surface area contributed by atoms with Gasteiger partial charge in [0.1, 0.15) is 12.4 Å². The standard InChI is InChI=1S/C19H20N4O2/c1-13-10-22(17-8-4-5-9-20-17)11-14(13)19(25)23-12-18(24)21-15-6-2-3-7-16(15)23/h2-9,13-14H,10-12H2,1H3,(H,21,24)/t13-,14-/m1/s1. The molecule has 1 aromatic heterocycles. The molecule has 1 aromatic carbocycles. The molecule has 6 nitrogen and oxygen atoms in total. The number of aromatic nitrogens is 1. The molecule has 4 rings (SSSR count). The zero-order chi connectivity index (χ0) is 17.4. The highest BCUT2D eigenvalue weighted by Gasteiger charge is 2.39. The van der Waals surface area contributed by atoms with E-state index in [2.05, 4.69) is 22.1 Å². The molecule has 1 saturated heterocycles. The zero-order valence-electron chi connectivity index (χ0n) is 14.1. The summed E-state index contributed by atoms with van der Waals surface area (Å²) in [5.74, 6) is 0.793. The summed E-state index contributed by atoms with van der Waals surface area (Å²) in [4.78, 5) is 33.3. The van der Waals surface area contributed by atoms with E-state index >= 15 is 0 Å². The number of carbonyl (C=O) groups excluding carboxylic acids is 2. The third-order valence-electron chi connectivity index (χ3n) is 4.94. The molecule has 0 radical (unpaired) electrons. The Morgan fingerprint density at radius 2 is 1.96 bits per heavy atom. The van der Waals surface area contributed by atoms with Crippen molar-refractivity contribution in [1.29, 1.82) is 0 Å². The topological polar surface area (TPSA) is 65.5 Å². The summed E-state index contributed by atoms with van der Waals surface area (Å²) in [5.41, 5.74) is 1.47. The van der Waals surface area contributed by atoms with Gasteiger partial charge in [-0.3, -0.25) is 9.59 Å². The van der Waals surface area contributed by atoms with Crippen LogP contribution >= 0.6 is 0 Å². The molecule has 0 saturated carbocycles. The van der Waals surface area contributed by atoms with Gasteiger partial charge in [-0.2, -0.15) is 0 Å². The Balaban J connectivity index is 1.58. The van der Waals surface area contributed by atoms with Crippen molar-refractivity contribution in [3.8, 4) is 0 Å². The van der Waals surface area contributed by atoms with Gasteiger partial charge in [0.15, 0.2) is 0 Å². The lowest BCUT2D eigenvalue weighted by Crippen LogP contribution is -2.46. The summed E-state index contributed by atoms with van der Waals surface area (Å²) >= 11 is 0. The second-order valence-electron chi connectivity index (χ2n) is 6.67. The molecule has 2 amide bonds. The van der Waals surface area contributed by atoms with Gasteiger partial charge in [0.05, 0.1) is 17.3 Å². The Hall–Kier alpha value is -2.89. The summed E-state index contributed by atoms with van der Waals surface area (Å²) in [6.07, 6.45) is 1.76. The minimum absolute atomic E-state index is 0.00762. The SMILES string of the molecule is C[C@@H]1CN(c2ccccn2)C[C@H]1C(=O)N1CC(=O)Nc2ccccc21. The van der Waals surface area contributed by atoms with Crippen LogP contribution in [-0.2, 0) is 9.59 Å². The van der Waals surface area contributed by atoms with Crippen molar-refractivity contribution in [1.82, 2.24) is 4.98 Å². The number of pyridine rings is 1. The average molecular weight is 336 g/mol. The molecule has 1 fully saturated rings. The Morgan fingerprint density at radius 3 is 2.76 bits per heavy atom. The van der Waals surface area contributed by atoms with Crippen molar-refractivity contribution in [3.63, 3.8) is 0 Å². The first kappa shape index (κ1) is 15.6. The van der Waals surface area contributed by atoms with E-state index in [1.807, 2.05) is 42.5 Å². The van der Waals surface area contributed by atoms with Crippen LogP contribution in [-0.4, -0.2) is 36.4 Å². The maximum atomic E-state index is 13.2. The van der Waals surface area contributed by atoms with Crippen molar-refractivity contribution in [2.75, 3.05) is 34.8 Å². The molecule has 1 N–H and O–H groups in total. The van der Waals surface area contributed by atoms with E-state index in [9.17, 15) is 9.59 Å². The molecule has 0 aliphatic carbocycles. The van der Waals surface area contributed by atoms with Gasteiger partial charge in [-0.15, -0.1) is 0 Å². The number of para-hydroxylation sites is 2. The smallest absolute Gasteiger partial charge is 0.244 e. The molecule has 128 valence electrons. The van der Waals surface area contributed by atoms with E-state index in [-0.39, 0.29) is 30.2 Å². The van der Waals surface area contributed by atoms with Crippen LogP contribution < -0.4 is 15.1 Å². The van der Waals surface area contributed by atoms with Gasteiger partial charge in [0, 0.05) is 19.3 Å². The molecule has 2 atom stereocenters. The average Bonchev–Trinajstić information content (AvgIpc) is 3.03. The first-order chi connectivity index (χ1) is 12.1. The predicted molar refractivity (Wildman–Crippen MR) is 96.5 cm³/mol. The second kappa shape index (κ2) is 6.20. The molecule has 2 aliphatic rings. The summed E-state index contributed by atoms with van der Waals surface area (Å²) < 4.78 is 0. The molecule has 3 heterocycles. The van der Waals surface area contributed by atoms with E-state index < -0.39 is 0 Å². The van der Waals surface area contributed by atoms with Gasteiger partial charge < -0.3 is 15.1 Å². The van der Waals surface area contributed by atoms with Crippen LogP contribution in [0.4, 0.5) is 17.2 Å². The van der Waals surface area contributed by atoms with E-state index in [0.717, 1.165) is 18.1 Å². The van der Waals surface area contributed by atoms with Crippen LogP contribution in [0.15, 0.2) is 48.7 Å². The van der Waals surface area contributed by atoms with Crippen LogP contribution in [0.25, 0.3) is 0 Å². The van der Waals surface area contributed by atoms with Crippen molar-refractivity contribution < 1.29 is 9.59 Å². The first-order valence-corrected chi connectivity index (χ1v) is 8.49. The number of hydrogen-bond donors (Lipinski definition) is 1. The molecule has 6 heteroatoms. The van der Waals surface area contributed by atoms with Gasteiger partial charge in [0.25, 0.3) is 0 Å². The Kier molecular flexibility index (Phi) is 3.87. The molecule has 0 spiro atoms. The molecule has 0 unspecified atom stereocenters. The van der Waals surface area contributed by atoms with Crippen molar-refractivity contribution in [2.45, 2.75) is 6.92 Å². The third kappa shape index (κ3) is 2.84. The lowest BCUT2D eigenvalue weighted by Gasteiger charge is -2.31. The normalized spacial score (nSPS) is 22.5. The fraction of sp³-hybridized carbons (Fsp3) is 0.316. The van der Waals surface area contributed by atoms with Gasteiger partial charge in [-0.1, -0.05) is 25.1 Å². The minimum Gasteiger partial charge on any atom is -0.356 e. The molecule has 0 bridgehead atoms. The summed E-state index contributed by atoms with van der Waals surface area (Å²) in [6, 6.07) is 13.2. The number of fused-ring (bicyclic) bond motifs is 1. The first-order valence-electron chi connectivity index (χ1n) is 8.49.